The summed E-state index contributed by atoms with van der Waals surface area (Å²) in [5.41, 5.74) is 6.41. The van der Waals surface area contributed by atoms with Gasteiger partial charge >= 0.3 is 5.97 Å². The third-order valence-electron chi connectivity index (χ3n) is 2.15. The summed E-state index contributed by atoms with van der Waals surface area (Å²) in [5.74, 6) is -0.542. The molecule has 0 aliphatic heterocycles. The van der Waals surface area contributed by atoms with Crippen LogP contribution in [-0.2, 0) is 16.0 Å². The Morgan fingerprint density at radius 2 is 2.38 bits per heavy atom. The van der Waals surface area contributed by atoms with Gasteiger partial charge in [-0.1, -0.05) is 0 Å². The molecule has 3 N–H and O–H groups in total. The van der Waals surface area contributed by atoms with Crippen molar-refractivity contribution in [2.45, 2.75) is 12.5 Å². The first-order valence-electron chi connectivity index (χ1n) is 4.64. The molecule has 0 fully saturated rings. The number of benzene rings is 1. The standard InChI is InChI=1S/C11H12N2O3/c1-16-11(15)9(13)5-8-4-7(6-12)2-3-10(8)14/h2-4,9,14H,5,13H2,1H3/t9-/m0/s1. The van der Waals surface area contributed by atoms with Crippen LogP contribution in [0.5, 0.6) is 5.75 Å². The topological polar surface area (TPSA) is 96.3 Å². The van der Waals surface area contributed by atoms with Gasteiger partial charge in [-0.3, -0.25) is 4.79 Å². The molecule has 0 saturated heterocycles. The van der Waals surface area contributed by atoms with Gasteiger partial charge in [-0.2, -0.15) is 5.26 Å². The van der Waals surface area contributed by atoms with Crippen LogP contribution in [0.15, 0.2) is 18.2 Å². The number of carbonyl (C=O) groups is 1. The summed E-state index contributed by atoms with van der Waals surface area (Å²) in [5, 5.41) is 18.2. The largest absolute Gasteiger partial charge is 0.508 e. The van der Waals surface area contributed by atoms with Crippen molar-refractivity contribution < 1.29 is 14.6 Å². The van der Waals surface area contributed by atoms with E-state index in [2.05, 4.69) is 4.74 Å². The Hall–Kier alpha value is -2.06. The lowest BCUT2D eigenvalue weighted by molar-refractivity contribution is -0.142. The molecule has 1 atom stereocenters. The predicted molar refractivity (Wildman–Crippen MR) is 56.5 cm³/mol. The Kier molecular flexibility index (Phi) is 3.86. The van der Waals surface area contributed by atoms with Gasteiger partial charge in [-0.05, 0) is 23.8 Å². The summed E-state index contributed by atoms with van der Waals surface area (Å²) in [7, 11) is 1.24. The average molecular weight is 220 g/mol. The Morgan fingerprint density at radius 3 is 2.94 bits per heavy atom. The van der Waals surface area contributed by atoms with Crippen LogP contribution in [0.1, 0.15) is 11.1 Å². The fourth-order valence-electron chi connectivity index (χ4n) is 1.29. The number of rotatable bonds is 3. The van der Waals surface area contributed by atoms with E-state index < -0.39 is 12.0 Å². The number of hydrogen-bond acceptors (Lipinski definition) is 5. The normalized spacial score (nSPS) is 11.6. The van der Waals surface area contributed by atoms with E-state index in [1.54, 1.807) is 0 Å². The van der Waals surface area contributed by atoms with Crippen LogP contribution in [-0.4, -0.2) is 24.2 Å². The summed E-state index contributed by atoms with van der Waals surface area (Å²) in [6.07, 6.45) is 0.133. The average Bonchev–Trinajstić information content (AvgIpc) is 2.30. The van der Waals surface area contributed by atoms with Gasteiger partial charge in [-0.15, -0.1) is 0 Å². The van der Waals surface area contributed by atoms with Crippen LogP contribution in [0.25, 0.3) is 0 Å². The fourth-order valence-corrected chi connectivity index (χ4v) is 1.29. The van der Waals surface area contributed by atoms with Crippen LogP contribution in [0.4, 0.5) is 0 Å². The van der Waals surface area contributed by atoms with Gasteiger partial charge in [0.15, 0.2) is 0 Å². The lowest BCUT2D eigenvalue weighted by atomic mass is 10.0. The third-order valence-corrected chi connectivity index (χ3v) is 2.15. The maximum atomic E-state index is 11.1. The van der Waals surface area contributed by atoms with Crippen molar-refractivity contribution in [2.24, 2.45) is 5.73 Å². The lowest BCUT2D eigenvalue weighted by Gasteiger charge is -2.10. The number of hydrogen-bond donors (Lipinski definition) is 2. The quantitative estimate of drug-likeness (QED) is 0.714. The lowest BCUT2D eigenvalue weighted by Crippen LogP contribution is -2.33. The van der Waals surface area contributed by atoms with Crippen LogP contribution >= 0.6 is 0 Å². The van der Waals surface area contributed by atoms with Crippen LogP contribution in [0, 0.1) is 11.3 Å². The molecule has 0 saturated carbocycles. The van der Waals surface area contributed by atoms with Gasteiger partial charge in [-0.25, -0.2) is 0 Å². The van der Waals surface area contributed by atoms with Crippen LogP contribution in [0.3, 0.4) is 0 Å². The Morgan fingerprint density at radius 1 is 1.69 bits per heavy atom. The van der Waals surface area contributed by atoms with E-state index in [4.69, 9.17) is 11.0 Å². The van der Waals surface area contributed by atoms with E-state index in [1.807, 2.05) is 6.07 Å². The number of nitrogens with two attached hydrogens (primary N) is 1. The van der Waals surface area contributed by atoms with E-state index in [9.17, 15) is 9.90 Å². The third kappa shape index (κ3) is 2.72. The molecule has 0 radical (unpaired) electrons. The number of aromatic hydroxyl groups is 1. The molecule has 1 aromatic carbocycles. The molecule has 0 aliphatic rings. The second-order valence-electron chi connectivity index (χ2n) is 3.29. The molecule has 0 aromatic heterocycles. The zero-order valence-corrected chi connectivity index (χ0v) is 8.80. The van der Waals surface area contributed by atoms with Crippen molar-refractivity contribution in [3.63, 3.8) is 0 Å². The van der Waals surface area contributed by atoms with Crippen LogP contribution in [0.2, 0.25) is 0 Å². The number of methoxy groups -OCH3 is 1. The van der Waals surface area contributed by atoms with Crippen molar-refractivity contribution in [3.05, 3.63) is 29.3 Å². The van der Waals surface area contributed by atoms with Gasteiger partial charge < -0.3 is 15.6 Å². The molecule has 0 heterocycles. The van der Waals surface area contributed by atoms with Crippen molar-refractivity contribution in [3.8, 4) is 11.8 Å². The number of carbonyl (C=O) groups excluding carboxylic acids is 1. The highest BCUT2D eigenvalue weighted by Gasteiger charge is 2.16. The molecule has 5 nitrogen and oxygen atoms in total. The highest BCUT2D eigenvalue weighted by atomic mass is 16.5. The Labute approximate surface area is 93.1 Å². The van der Waals surface area contributed by atoms with Crippen molar-refractivity contribution in [2.75, 3.05) is 7.11 Å². The first-order valence-corrected chi connectivity index (χ1v) is 4.64. The molecule has 0 aliphatic carbocycles. The zero-order chi connectivity index (χ0) is 12.1. The minimum absolute atomic E-state index is 0.0124. The summed E-state index contributed by atoms with van der Waals surface area (Å²) < 4.78 is 4.47. The van der Waals surface area contributed by atoms with Crippen LogP contribution < -0.4 is 5.73 Å². The Balaban J connectivity index is 2.88. The van der Waals surface area contributed by atoms with Gasteiger partial charge in [0, 0.05) is 6.42 Å². The summed E-state index contributed by atoms with van der Waals surface area (Å²) in [4.78, 5) is 11.1. The van der Waals surface area contributed by atoms with E-state index >= 15 is 0 Å². The maximum Gasteiger partial charge on any atom is 0.322 e. The highest BCUT2D eigenvalue weighted by molar-refractivity contribution is 5.75. The summed E-state index contributed by atoms with van der Waals surface area (Å²) in [6, 6.07) is 5.49. The number of nitriles is 1. The second kappa shape index (κ2) is 5.14. The second-order valence-corrected chi connectivity index (χ2v) is 3.29. The summed E-state index contributed by atoms with van der Waals surface area (Å²) in [6.45, 7) is 0. The minimum Gasteiger partial charge on any atom is -0.508 e. The zero-order valence-electron chi connectivity index (χ0n) is 8.80. The first-order chi connectivity index (χ1) is 7.58. The molecule has 1 rings (SSSR count). The SMILES string of the molecule is COC(=O)[C@@H](N)Cc1cc(C#N)ccc1O. The van der Waals surface area contributed by atoms with Crippen molar-refractivity contribution >= 4 is 5.97 Å². The fraction of sp³-hybridized carbons (Fsp3) is 0.273. The molecule has 0 bridgehead atoms. The van der Waals surface area contributed by atoms with E-state index in [-0.39, 0.29) is 12.2 Å². The van der Waals surface area contributed by atoms with E-state index in [0.717, 1.165) is 0 Å². The minimum atomic E-state index is -0.843. The molecule has 1 aromatic rings. The van der Waals surface area contributed by atoms with E-state index in [0.29, 0.717) is 11.1 Å². The molecule has 0 spiro atoms. The molecule has 84 valence electrons. The van der Waals surface area contributed by atoms with Crippen molar-refractivity contribution in [1.82, 2.24) is 0 Å². The molecule has 0 amide bonds. The number of esters is 1. The molecule has 0 unspecified atom stereocenters. The Bertz CT molecular complexity index is 437. The number of phenolic OH excluding ortho intramolecular Hbond substituents is 1. The number of nitrogens with zero attached hydrogens (tertiary/aromatic N) is 1. The van der Waals surface area contributed by atoms with Crippen molar-refractivity contribution in [1.29, 1.82) is 5.26 Å². The first kappa shape index (κ1) is 12.0. The summed E-state index contributed by atoms with van der Waals surface area (Å²) >= 11 is 0. The molecule has 16 heavy (non-hydrogen) atoms. The van der Waals surface area contributed by atoms with Gasteiger partial charge in [0.25, 0.3) is 0 Å². The predicted octanol–water partition coefficient (Wildman–Crippen LogP) is 0.307. The smallest absolute Gasteiger partial charge is 0.322 e. The highest BCUT2D eigenvalue weighted by Crippen LogP contribution is 2.19. The molecular weight excluding hydrogens is 208 g/mol. The molecular formula is C11H12N2O3. The van der Waals surface area contributed by atoms with E-state index in [1.165, 1.54) is 25.3 Å². The van der Waals surface area contributed by atoms with Gasteiger partial charge in [0.05, 0.1) is 18.7 Å². The van der Waals surface area contributed by atoms with Gasteiger partial charge in [0.1, 0.15) is 11.8 Å². The number of phenols is 1. The molecule has 5 heteroatoms. The van der Waals surface area contributed by atoms with Gasteiger partial charge in [0.2, 0.25) is 0 Å². The number of ether oxygens (including phenoxy) is 1. The maximum absolute atomic E-state index is 11.1. The monoisotopic (exact) mass is 220 g/mol.